The standard InChI is InChI=1S/C26H25N3O7/c1-15(30)22-21-12-19(26(2)13-20(27-36-26)17-6-4-3-5-7-17)23(28(21)24(22)31)25(32)35-14-16-8-10-18(11-9-16)29(33)34/h3-11,15,21-22,30H,12-14H2,1-2H3/t15-,21-,22-,26+/m1/s1. The van der Waals surface area contributed by atoms with Crippen molar-refractivity contribution >= 4 is 23.3 Å². The Hall–Kier alpha value is -4.05. The summed E-state index contributed by atoms with van der Waals surface area (Å²) < 4.78 is 5.54. The van der Waals surface area contributed by atoms with E-state index in [1.807, 2.05) is 37.3 Å². The van der Waals surface area contributed by atoms with Gasteiger partial charge >= 0.3 is 5.97 Å². The molecule has 2 aromatic rings. The second kappa shape index (κ2) is 8.87. The summed E-state index contributed by atoms with van der Waals surface area (Å²) in [6.07, 6.45) is -0.0966. The predicted molar refractivity (Wildman–Crippen MR) is 127 cm³/mol. The number of fused-ring (bicyclic) bond motifs is 1. The zero-order valence-corrected chi connectivity index (χ0v) is 19.8. The van der Waals surface area contributed by atoms with Crippen molar-refractivity contribution in [2.45, 2.75) is 51.0 Å². The van der Waals surface area contributed by atoms with Gasteiger partial charge in [-0.05, 0) is 43.5 Å². The predicted octanol–water partition coefficient (Wildman–Crippen LogP) is 3.09. The number of ether oxygens (including phenoxy) is 1. The highest BCUT2D eigenvalue weighted by molar-refractivity contribution is 6.03. The number of nitro groups is 1. The molecule has 5 rings (SSSR count). The SMILES string of the molecule is C[C@@H](O)[C@H]1C(=O)N2C(C(=O)OCc3ccc([N+](=O)[O-])cc3)=C([C@]3(C)CC(c4ccccc4)=NO3)C[C@H]12. The molecule has 3 aliphatic rings. The van der Waals surface area contributed by atoms with Crippen LogP contribution in [0.25, 0.3) is 0 Å². The van der Waals surface area contributed by atoms with Crippen LogP contribution in [0.2, 0.25) is 0 Å². The van der Waals surface area contributed by atoms with Gasteiger partial charge in [0.05, 0.1) is 28.7 Å². The van der Waals surface area contributed by atoms with Gasteiger partial charge in [-0.1, -0.05) is 35.5 Å². The summed E-state index contributed by atoms with van der Waals surface area (Å²) in [6.45, 7) is 3.28. The van der Waals surface area contributed by atoms with Gasteiger partial charge < -0.3 is 19.6 Å². The van der Waals surface area contributed by atoms with E-state index in [4.69, 9.17) is 9.57 Å². The van der Waals surface area contributed by atoms with Crippen LogP contribution < -0.4 is 0 Å². The first-order chi connectivity index (χ1) is 17.2. The lowest BCUT2D eigenvalue weighted by atomic mass is 9.80. The third-order valence-electron chi connectivity index (χ3n) is 7.05. The number of benzene rings is 2. The lowest BCUT2D eigenvalue weighted by Crippen LogP contribution is -2.61. The number of nitrogens with zero attached hydrogens (tertiary/aromatic N) is 3. The molecular weight excluding hydrogens is 466 g/mol. The van der Waals surface area contributed by atoms with Crippen LogP contribution in [0.5, 0.6) is 0 Å². The number of hydrogen-bond donors (Lipinski definition) is 1. The number of carbonyl (C=O) groups is 2. The molecule has 3 aliphatic heterocycles. The van der Waals surface area contributed by atoms with Crippen molar-refractivity contribution in [3.05, 3.63) is 87.1 Å². The second-order valence-electron chi connectivity index (χ2n) is 9.48. The van der Waals surface area contributed by atoms with Gasteiger partial charge in [-0.25, -0.2) is 4.79 Å². The molecule has 10 heteroatoms. The van der Waals surface area contributed by atoms with Crippen molar-refractivity contribution in [2.24, 2.45) is 11.1 Å². The monoisotopic (exact) mass is 491 g/mol. The van der Waals surface area contributed by atoms with Crippen LogP contribution in [0, 0.1) is 16.0 Å². The first-order valence-corrected chi connectivity index (χ1v) is 11.7. The lowest BCUT2D eigenvalue weighted by Gasteiger charge is -2.44. The second-order valence-corrected chi connectivity index (χ2v) is 9.48. The molecule has 0 bridgehead atoms. The molecule has 3 heterocycles. The summed E-state index contributed by atoms with van der Waals surface area (Å²) in [4.78, 5) is 43.9. The average molecular weight is 492 g/mol. The van der Waals surface area contributed by atoms with E-state index >= 15 is 0 Å². The summed E-state index contributed by atoms with van der Waals surface area (Å²) in [7, 11) is 0. The number of amides is 1. The smallest absolute Gasteiger partial charge is 0.355 e. The summed E-state index contributed by atoms with van der Waals surface area (Å²) in [5.41, 5.74) is 1.90. The van der Waals surface area contributed by atoms with Crippen molar-refractivity contribution < 1.29 is 29.2 Å². The average Bonchev–Trinajstić information content (AvgIpc) is 3.43. The maximum Gasteiger partial charge on any atom is 0.355 e. The molecule has 0 aliphatic carbocycles. The van der Waals surface area contributed by atoms with Crippen molar-refractivity contribution in [3.63, 3.8) is 0 Å². The Bertz CT molecular complexity index is 1290. The summed E-state index contributed by atoms with van der Waals surface area (Å²) in [6, 6.07) is 14.9. The number of rotatable bonds is 7. The molecule has 186 valence electrons. The van der Waals surface area contributed by atoms with E-state index in [2.05, 4.69) is 5.16 Å². The van der Waals surface area contributed by atoms with Crippen molar-refractivity contribution in [3.8, 4) is 0 Å². The Labute approximate surface area is 206 Å². The molecule has 4 atom stereocenters. The van der Waals surface area contributed by atoms with Crippen molar-refractivity contribution in [1.82, 2.24) is 4.90 Å². The lowest BCUT2D eigenvalue weighted by molar-refractivity contribution is -0.384. The summed E-state index contributed by atoms with van der Waals surface area (Å²) in [5, 5.41) is 25.3. The molecule has 2 aromatic carbocycles. The van der Waals surface area contributed by atoms with E-state index in [1.165, 1.54) is 29.2 Å². The fourth-order valence-electron chi connectivity index (χ4n) is 5.15. The number of β-lactam (4-membered cyclic amide) rings is 1. The van der Waals surface area contributed by atoms with Gasteiger partial charge in [0.1, 0.15) is 12.3 Å². The van der Waals surface area contributed by atoms with Gasteiger partial charge in [-0.15, -0.1) is 0 Å². The zero-order chi connectivity index (χ0) is 25.6. The maximum atomic E-state index is 13.3. The molecule has 0 unspecified atom stereocenters. The van der Waals surface area contributed by atoms with E-state index in [0.29, 0.717) is 24.0 Å². The highest BCUT2D eigenvalue weighted by Gasteiger charge is 2.60. The third kappa shape index (κ3) is 3.93. The largest absolute Gasteiger partial charge is 0.456 e. The number of esters is 1. The Morgan fingerprint density at radius 2 is 1.97 bits per heavy atom. The Balaban J connectivity index is 1.41. The molecule has 1 fully saturated rings. The first-order valence-electron chi connectivity index (χ1n) is 11.7. The van der Waals surface area contributed by atoms with Crippen LogP contribution in [0.1, 0.15) is 37.8 Å². The van der Waals surface area contributed by atoms with Crippen molar-refractivity contribution in [1.29, 1.82) is 0 Å². The van der Waals surface area contributed by atoms with E-state index in [-0.39, 0.29) is 29.9 Å². The zero-order valence-electron chi connectivity index (χ0n) is 19.8. The van der Waals surface area contributed by atoms with Gasteiger partial charge in [0.2, 0.25) is 5.91 Å². The van der Waals surface area contributed by atoms with Gasteiger partial charge in [-0.2, -0.15) is 0 Å². The molecule has 0 saturated carbocycles. The third-order valence-corrected chi connectivity index (χ3v) is 7.05. The molecule has 1 N–H and O–H groups in total. The molecular formula is C26H25N3O7. The van der Waals surface area contributed by atoms with E-state index in [0.717, 1.165) is 11.3 Å². The number of aliphatic hydroxyl groups excluding tert-OH is 1. The van der Waals surface area contributed by atoms with Gasteiger partial charge in [0.15, 0.2) is 5.60 Å². The molecule has 0 spiro atoms. The number of nitro benzene ring substituents is 1. The maximum absolute atomic E-state index is 13.3. The van der Waals surface area contributed by atoms with E-state index in [1.54, 1.807) is 6.92 Å². The molecule has 0 radical (unpaired) electrons. The fourth-order valence-corrected chi connectivity index (χ4v) is 5.15. The minimum Gasteiger partial charge on any atom is -0.456 e. The highest BCUT2D eigenvalue weighted by atomic mass is 16.7. The molecule has 10 nitrogen and oxygen atoms in total. The van der Waals surface area contributed by atoms with Gasteiger partial charge in [-0.3, -0.25) is 14.9 Å². The van der Waals surface area contributed by atoms with Crippen LogP contribution in [0.3, 0.4) is 0 Å². The number of aliphatic hydroxyl groups is 1. The number of oxime groups is 1. The number of carbonyl (C=O) groups excluding carboxylic acids is 2. The van der Waals surface area contributed by atoms with Crippen LogP contribution >= 0.6 is 0 Å². The molecule has 0 aromatic heterocycles. The number of hydrogen-bond acceptors (Lipinski definition) is 8. The summed E-state index contributed by atoms with van der Waals surface area (Å²) in [5.74, 6) is -1.64. The van der Waals surface area contributed by atoms with Crippen LogP contribution in [-0.4, -0.2) is 50.3 Å². The van der Waals surface area contributed by atoms with Crippen LogP contribution in [0.15, 0.2) is 71.0 Å². The normalized spacial score (nSPS) is 25.6. The van der Waals surface area contributed by atoms with Crippen LogP contribution in [0.4, 0.5) is 5.69 Å². The minimum absolute atomic E-state index is 0.0652. The van der Waals surface area contributed by atoms with Gasteiger partial charge in [0, 0.05) is 24.1 Å². The van der Waals surface area contributed by atoms with E-state index < -0.39 is 28.5 Å². The highest BCUT2D eigenvalue weighted by Crippen LogP contribution is 2.50. The van der Waals surface area contributed by atoms with E-state index in [9.17, 15) is 24.8 Å². The molecule has 1 saturated heterocycles. The topological polar surface area (TPSA) is 132 Å². The minimum atomic E-state index is -0.965. The molecule has 36 heavy (non-hydrogen) atoms. The quantitative estimate of drug-likeness (QED) is 0.272. The number of non-ortho nitro benzene ring substituents is 1. The van der Waals surface area contributed by atoms with Crippen molar-refractivity contribution in [2.75, 3.05) is 0 Å². The van der Waals surface area contributed by atoms with Gasteiger partial charge in [0.25, 0.3) is 5.69 Å². The first kappa shape index (κ1) is 23.7. The van der Waals surface area contributed by atoms with Crippen LogP contribution in [-0.2, 0) is 25.8 Å². The fraction of sp³-hybridized carbons (Fsp3) is 0.346. The molecule has 1 amide bonds. The Kier molecular flexibility index (Phi) is 5.83. The Morgan fingerprint density at radius 1 is 1.28 bits per heavy atom. The Morgan fingerprint density at radius 3 is 2.61 bits per heavy atom. The summed E-state index contributed by atoms with van der Waals surface area (Å²) >= 11 is 0.